The largest absolute Gasteiger partial charge is 0.332 e. The molecule has 0 aliphatic heterocycles. The van der Waals surface area contributed by atoms with Gasteiger partial charge < -0.3 is 4.52 Å². The summed E-state index contributed by atoms with van der Waals surface area (Å²) in [5.74, 6) is 0.924. The Morgan fingerprint density at radius 2 is 1.83 bits per heavy atom. The first kappa shape index (κ1) is 10.9. The van der Waals surface area contributed by atoms with Gasteiger partial charge in [0.15, 0.2) is 0 Å². The van der Waals surface area contributed by atoms with Crippen molar-refractivity contribution in [3.05, 3.63) is 53.7 Å². The average molecular weight is 258 g/mol. The highest BCUT2D eigenvalue weighted by atomic mass is 35.5. The van der Waals surface area contributed by atoms with Gasteiger partial charge in [0.25, 0.3) is 5.89 Å². The molecular weight excluding hydrogens is 250 g/mol. The van der Waals surface area contributed by atoms with E-state index in [1.54, 1.807) is 18.3 Å². The summed E-state index contributed by atoms with van der Waals surface area (Å²) in [6, 6.07) is 12.8. The van der Waals surface area contributed by atoms with Crippen LogP contribution < -0.4 is 0 Å². The molecule has 0 spiro atoms. The first-order valence-corrected chi connectivity index (χ1v) is 5.72. The van der Waals surface area contributed by atoms with E-state index in [1.165, 1.54) is 0 Å². The first-order valence-electron chi connectivity index (χ1n) is 5.34. The third-order valence-corrected chi connectivity index (χ3v) is 2.66. The van der Waals surface area contributed by atoms with Gasteiger partial charge in [0.2, 0.25) is 5.82 Å². The van der Waals surface area contributed by atoms with Crippen LogP contribution in [0.3, 0.4) is 0 Å². The van der Waals surface area contributed by atoms with E-state index in [-0.39, 0.29) is 0 Å². The van der Waals surface area contributed by atoms with E-state index < -0.39 is 0 Å². The molecule has 0 radical (unpaired) electrons. The third kappa shape index (κ3) is 2.10. The first-order chi connectivity index (χ1) is 8.83. The van der Waals surface area contributed by atoms with Gasteiger partial charge in [-0.05, 0) is 36.4 Å². The van der Waals surface area contributed by atoms with Gasteiger partial charge in [-0.1, -0.05) is 22.8 Å². The van der Waals surface area contributed by atoms with Gasteiger partial charge in [0.1, 0.15) is 5.69 Å². The van der Waals surface area contributed by atoms with Crippen molar-refractivity contribution in [2.24, 2.45) is 0 Å². The second-order valence-corrected chi connectivity index (χ2v) is 4.08. The lowest BCUT2D eigenvalue weighted by Gasteiger charge is -1.93. The predicted molar refractivity (Wildman–Crippen MR) is 68.0 cm³/mol. The van der Waals surface area contributed by atoms with Crippen molar-refractivity contribution in [1.82, 2.24) is 15.1 Å². The molecular formula is C13H8ClN3O. The highest BCUT2D eigenvalue weighted by Crippen LogP contribution is 2.21. The summed E-state index contributed by atoms with van der Waals surface area (Å²) < 4.78 is 5.18. The maximum absolute atomic E-state index is 5.83. The van der Waals surface area contributed by atoms with E-state index >= 15 is 0 Å². The molecule has 18 heavy (non-hydrogen) atoms. The maximum atomic E-state index is 5.83. The number of benzene rings is 1. The van der Waals surface area contributed by atoms with Gasteiger partial charge in [-0.15, -0.1) is 0 Å². The van der Waals surface area contributed by atoms with Crippen molar-refractivity contribution in [3.63, 3.8) is 0 Å². The van der Waals surface area contributed by atoms with Crippen LogP contribution in [0, 0.1) is 0 Å². The third-order valence-electron chi connectivity index (χ3n) is 2.41. The fourth-order valence-electron chi connectivity index (χ4n) is 1.53. The second kappa shape index (κ2) is 4.58. The molecule has 2 aromatic heterocycles. The maximum Gasteiger partial charge on any atom is 0.276 e. The Hall–Kier alpha value is -2.20. The Kier molecular flexibility index (Phi) is 2.78. The smallest absolute Gasteiger partial charge is 0.276 e. The zero-order valence-electron chi connectivity index (χ0n) is 9.25. The standard InChI is InChI=1S/C13H8ClN3O/c14-10-6-4-9(5-7-10)12-16-13(18-17-12)11-3-1-2-8-15-11/h1-8H. The summed E-state index contributed by atoms with van der Waals surface area (Å²) in [5, 5.41) is 4.60. The number of nitrogens with zero attached hydrogens (tertiary/aromatic N) is 3. The molecule has 3 rings (SSSR count). The Morgan fingerprint density at radius 1 is 1.00 bits per heavy atom. The summed E-state index contributed by atoms with van der Waals surface area (Å²) in [6.07, 6.45) is 1.68. The molecule has 1 aromatic carbocycles. The molecule has 0 bridgehead atoms. The van der Waals surface area contributed by atoms with Gasteiger partial charge in [-0.2, -0.15) is 4.98 Å². The van der Waals surface area contributed by atoms with Crippen LogP contribution in [0.2, 0.25) is 5.02 Å². The van der Waals surface area contributed by atoms with Crippen molar-refractivity contribution in [3.8, 4) is 23.0 Å². The lowest BCUT2D eigenvalue weighted by Crippen LogP contribution is -1.82. The summed E-state index contributed by atoms with van der Waals surface area (Å²) in [7, 11) is 0. The molecule has 3 aromatic rings. The predicted octanol–water partition coefficient (Wildman–Crippen LogP) is 3.45. The quantitative estimate of drug-likeness (QED) is 0.706. The van der Waals surface area contributed by atoms with Crippen molar-refractivity contribution >= 4 is 11.6 Å². The van der Waals surface area contributed by atoms with E-state index in [1.807, 2.05) is 30.3 Å². The molecule has 2 heterocycles. The number of aromatic nitrogens is 3. The summed E-state index contributed by atoms with van der Waals surface area (Å²) in [6.45, 7) is 0. The molecule has 0 fully saturated rings. The van der Waals surface area contributed by atoms with E-state index in [9.17, 15) is 0 Å². The molecule has 0 saturated carbocycles. The van der Waals surface area contributed by atoms with E-state index in [2.05, 4.69) is 15.1 Å². The zero-order valence-corrected chi connectivity index (χ0v) is 10.0. The highest BCUT2D eigenvalue weighted by Gasteiger charge is 2.10. The Labute approximate surface area is 108 Å². The van der Waals surface area contributed by atoms with Gasteiger partial charge in [0.05, 0.1) is 0 Å². The average Bonchev–Trinajstić information content (AvgIpc) is 2.90. The lowest BCUT2D eigenvalue weighted by atomic mass is 10.2. The van der Waals surface area contributed by atoms with Crippen LogP contribution in [-0.2, 0) is 0 Å². The minimum Gasteiger partial charge on any atom is -0.332 e. The SMILES string of the molecule is Clc1ccc(-c2noc(-c3ccccn3)n2)cc1. The summed E-state index contributed by atoms with van der Waals surface area (Å²) in [4.78, 5) is 8.45. The van der Waals surface area contributed by atoms with Crippen LogP contribution in [0.15, 0.2) is 53.2 Å². The van der Waals surface area contributed by atoms with Crippen LogP contribution in [0.1, 0.15) is 0 Å². The molecule has 0 aliphatic rings. The molecule has 0 saturated heterocycles. The molecule has 0 atom stereocenters. The van der Waals surface area contributed by atoms with Crippen molar-refractivity contribution in [2.45, 2.75) is 0 Å². The number of pyridine rings is 1. The number of halogens is 1. The molecule has 5 heteroatoms. The van der Waals surface area contributed by atoms with E-state index in [4.69, 9.17) is 16.1 Å². The highest BCUT2D eigenvalue weighted by molar-refractivity contribution is 6.30. The van der Waals surface area contributed by atoms with Crippen LogP contribution >= 0.6 is 11.6 Å². The Balaban J connectivity index is 1.97. The number of hydrogen-bond donors (Lipinski definition) is 0. The lowest BCUT2D eigenvalue weighted by molar-refractivity contribution is 0.431. The molecule has 0 N–H and O–H groups in total. The normalized spacial score (nSPS) is 10.5. The summed E-state index contributed by atoms with van der Waals surface area (Å²) in [5.41, 5.74) is 1.51. The van der Waals surface area contributed by atoms with Crippen molar-refractivity contribution in [2.75, 3.05) is 0 Å². The van der Waals surface area contributed by atoms with Crippen LogP contribution in [0.5, 0.6) is 0 Å². The number of hydrogen-bond acceptors (Lipinski definition) is 4. The van der Waals surface area contributed by atoms with E-state index in [0.29, 0.717) is 22.4 Å². The molecule has 0 unspecified atom stereocenters. The molecule has 0 aliphatic carbocycles. The topological polar surface area (TPSA) is 51.8 Å². The van der Waals surface area contributed by atoms with Crippen molar-refractivity contribution < 1.29 is 4.52 Å². The van der Waals surface area contributed by atoms with Crippen LogP contribution in [0.4, 0.5) is 0 Å². The Morgan fingerprint density at radius 3 is 2.56 bits per heavy atom. The minimum atomic E-state index is 0.403. The fourth-order valence-corrected chi connectivity index (χ4v) is 1.66. The van der Waals surface area contributed by atoms with Gasteiger partial charge in [-0.3, -0.25) is 4.98 Å². The van der Waals surface area contributed by atoms with E-state index in [0.717, 1.165) is 5.56 Å². The Bertz CT molecular complexity index is 650. The zero-order chi connectivity index (χ0) is 12.4. The monoisotopic (exact) mass is 257 g/mol. The van der Waals surface area contributed by atoms with Crippen molar-refractivity contribution in [1.29, 1.82) is 0 Å². The minimum absolute atomic E-state index is 0.403. The fraction of sp³-hybridized carbons (Fsp3) is 0. The second-order valence-electron chi connectivity index (χ2n) is 3.65. The number of rotatable bonds is 2. The van der Waals surface area contributed by atoms with Gasteiger partial charge >= 0.3 is 0 Å². The molecule has 4 nitrogen and oxygen atoms in total. The molecule has 88 valence electrons. The van der Waals surface area contributed by atoms with Gasteiger partial charge in [0, 0.05) is 16.8 Å². The molecule has 0 amide bonds. The van der Waals surface area contributed by atoms with Crippen LogP contribution in [-0.4, -0.2) is 15.1 Å². The van der Waals surface area contributed by atoms with Crippen LogP contribution in [0.25, 0.3) is 23.0 Å². The summed E-state index contributed by atoms with van der Waals surface area (Å²) >= 11 is 5.83. The van der Waals surface area contributed by atoms with Gasteiger partial charge in [-0.25, -0.2) is 0 Å².